The van der Waals surface area contributed by atoms with Crippen molar-refractivity contribution in [3.8, 4) is 5.75 Å². The standard InChI is InChI=1S/C25H27NO3/c1-24(2)23(28)26(17-12-14-18(29-3)15-13-17)25(24)20-11-7-6-10-19(20)21(22(25)27)16-8-4-5-9-16/h6-7,10-16,21H,4-5,8-9H2,1-3H3/t21-,25+/m0/s1. The number of anilines is 1. The molecule has 5 rings (SSSR count). The molecule has 2 aliphatic carbocycles. The third-order valence-corrected chi connectivity index (χ3v) is 7.50. The van der Waals surface area contributed by atoms with Crippen molar-refractivity contribution in [2.75, 3.05) is 12.0 Å². The average Bonchev–Trinajstić information content (AvgIpc) is 3.34. The molecule has 3 aliphatic rings. The van der Waals surface area contributed by atoms with E-state index in [2.05, 4.69) is 12.1 Å². The minimum atomic E-state index is -0.928. The van der Waals surface area contributed by atoms with Crippen LogP contribution in [-0.2, 0) is 15.1 Å². The van der Waals surface area contributed by atoms with Gasteiger partial charge >= 0.3 is 0 Å². The number of amides is 1. The van der Waals surface area contributed by atoms with Crippen LogP contribution in [0.5, 0.6) is 5.75 Å². The number of benzene rings is 2. The molecule has 1 saturated carbocycles. The molecule has 0 bridgehead atoms. The Morgan fingerprint density at radius 2 is 1.62 bits per heavy atom. The fourth-order valence-electron chi connectivity index (χ4n) is 6.09. The lowest BCUT2D eigenvalue weighted by Gasteiger charge is -2.60. The molecular weight excluding hydrogens is 362 g/mol. The van der Waals surface area contributed by atoms with Gasteiger partial charge in [0.25, 0.3) is 0 Å². The molecular formula is C25H27NO3. The average molecular weight is 389 g/mol. The summed E-state index contributed by atoms with van der Waals surface area (Å²) in [6, 6.07) is 15.7. The van der Waals surface area contributed by atoms with Crippen LogP contribution in [0.3, 0.4) is 0 Å². The second-order valence-corrected chi connectivity index (χ2v) is 9.15. The maximum absolute atomic E-state index is 14.2. The van der Waals surface area contributed by atoms with E-state index in [1.807, 2.05) is 50.2 Å². The highest BCUT2D eigenvalue weighted by molar-refractivity contribution is 6.21. The number of β-lactam (4-membered cyclic amide) rings is 1. The molecule has 4 nitrogen and oxygen atoms in total. The molecule has 4 heteroatoms. The minimum Gasteiger partial charge on any atom is -0.497 e. The van der Waals surface area contributed by atoms with Crippen LogP contribution >= 0.6 is 0 Å². The second-order valence-electron chi connectivity index (χ2n) is 9.15. The molecule has 1 spiro atoms. The SMILES string of the molecule is COc1ccc(N2C(=O)C(C)(C)[C@@]23C(=O)[C@@H](C2CCCC2)c2ccccc23)cc1. The number of methoxy groups -OCH3 is 1. The molecule has 2 aromatic rings. The zero-order valence-corrected chi connectivity index (χ0v) is 17.3. The predicted octanol–water partition coefficient (Wildman–Crippen LogP) is 4.82. The molecule has 2 atom stereocenters. The van der Waals surface area contributed by atoms with Crippen molar-refractivity contribution >= 4 is 17.4 Å². The summed E-state index contributed by atoms with van der Waals surface area (Å²) in [4.78, 5) is 29.3. The molecule has 1 amide bonds. The second kappa shape index (κ2) is 6.19. The summed E-state index contributed by atoms with van der Waals surface area (Å²) in [6.45, 7) is 3.86. The number of carbonyl (C=O) groups is 2. The normalized spacial score (nSPS) is 28.0. The van der Waals surface area contributed by atoms with Crippen molar-refractivity contribution in [1.82, 2.24) is 0 Å². The minimum absolute atomic E-state index is 0.00195. The lowest BCUT2D eigenvalue weighted by molar-refractivity contribution is -0.154. The van der Waals surface area contributed by atoms with Crippen LogP contribution in [-0.4, -0.2) is 18.8 Å². The van der Waals surface area contributed by atoms with Gasteiger partial charge in [-0.1, -0.05) is 37.1 Å². The summed E-state index contributed by atoms with van der Waals surface area (Å²) in [6.07, 6.45) is 4.57. The molecule has 150 valence electrons. The van der Waals surface area contributed by atoms with Gasteiger partial charge in [0, 0.05) is 11.6 Å². The summed E-state index contributed by atoms with van der Waals surface area (Å²) >= 11 is 0. The van der Waals surface area contributed by atoms with E-state index in [-0.39, 0.29) is 17.6 Å². The topological polar surface area (TPSA) is 46.6 Å². The smallest absolute Gasteiger partial charge is 0.237 e. The summed E-state index contributed by atoms with van der Waals surface area (Å²) in [5.74, 6) is 1.20. The van der Waals surface area contributed by atoms with Crippen LogP contribution < -0.4 is 9.64 Å². The number of nitrogens with zero attached hydrogens (tertiary/aromatic N) is 1. The molecule has 29 heavy (non-hydrogen) atoms. The molecule has 2 aromatic carbocycles. The van der Waals surface area contributed by atoms with E-state index >= 15 is 0 Å². The van der Waals surface area contributed by atoms with Crippen LogP contribution in [0.2, 0.25) is 0 Å². The zero-order valence-electron chi connectivity index (χ0n) is 17.3. The van der Waals surface area contributed by atoms with Crippen molar-refractivity contribution < 1.29 is 14.3 Å². The maximum atomic E-state index is 14.2. The number of ether oxygens (including phenoxy) is 1. The number of ketones is 1. The van der Waals surface area contributed by atoms with Gasteiger partial charge in [0.15, 0.2) is 5.78 Å². The third-order valence-electron chi connectivity index (χ3n) is 7.50. The number of Topliss-reactive ketones (excluding diaryl/α,β-unsaturated/α-hetero) is 1. The Bertz CT molecular complexity index is 987. The van der Waals surface area contributed by atoms with Crippen molar-refractivity contribution in [3.05, 3.63) is 59.7 Å². The fourth-order valence-corrected chi connectivity index (χ4v) is 6.09. The summed E-state index contributed by atoms with van der Waals surface area (Å²) < 4.78 is 5.28. The first kappa shape index (κ1) is 18.4. The fraction of sp³-hybridized carbons (Fsp3) is 0.440. The quantitative estimate of drug-likeness (QED) is 0.707. The van der Waals surface area contributed by atoms with E-state index in [1.165, 1.54) is 12.8 Å². The molecule has 0 aromatic heterocycles. The molecule has 1 saturated heterocycles. The molecule has 0 radical (unpaired) electrons. The Kier molecular flexibility index (Phi) is 3.93. The Hall–Kier alpha value is -2.62. The highest BCUT2D eigenvalue weighted by Crippen LogP contribution is 2.64. The zero-order chi connectivity index (χ0) is 20.4. The van der Waals surface area contributed by atoms with Gasteiger partial charge in [0.05, 0.1) is 12.5 Å². The summed E-state index contributed by atoms with van der Waals surface area (Å²) in [5.41, 5.74) is 1.20. The third kappa shape index (κ3) is 2.15. The van der Waals surface area contributed by atoms with E-state index in [0.717, 1.165) is 35.4 Å². The van der Waals surface area contributed by atoms with Crippen molar-refractivity contribution in [2.45, 2.75) is 51.0 Å². The van der Waals surface area contributed by atoms with Crippen LogP contribution in [0.15, 0.2) is 48.5 Å². The number of rotatable bonds is 3. The van der Waals surface area contributed by atoms with Gasteiger partial charge in [-0.2, -0.15) is 0 Å². The highest BCUT2D eigenvalue weighted by Gasteiger charge is 2.75. The Morgan fingerprint density at radius 1 is 0.966 bits per heavy atom. The molecule has 2 fully saturated rings. The number of fused-ring (bicyclic) bond motifs is 2. The van der Waals surface area contributed by atoms with Crippen molar-refractivity contribution in [3.63, 3.8) is 0 Å². The highest BCUT2D eigenvalue weighted by atomic mass is 16.5. The van der Waals surface area contributed by atoms with E-state index < -0.39 is 11.0 Å². The van der Waals surface area contributed by atoms with Crippen molar-refractivity contribution in [1.29, 1.82) is 0 Å². The first-order valence-electron chi connectivity index (χ1n) is 10.6. The van der Waals surface area contributed by atoms with Gasteiger partial charge < -0.3 is 4.74 Å². The number of hydrogen-bond acceptors (Lipinski definition) is 3. The maximum Gasteiger partial charge on any atom is 0.237 e. The Labute approximate surface area is 171 Å². The van der Waals surface area contributed by atoms with Crippen LogP contribution in [0, 0.1) is 11.3 Å². The van der Waals surface area contributed by atoms with Crippen LogP contribution in [0.4, 0.5) is 5.69 Å². The Balaban J connectivity index is 1.70. The van der Waals surface area contributed by atoms with Gasteiger partial charge in [-0.3, -0.25) is 14.5 Å². The van der Waals surface area contributed by atoms with Gasteiger partial charge in [0.1, 0.15) is 11.3 Å². The monoisotopic (exact) mass is 389 g/mol. The summed E-state index contributed by atoms with van der Waals surface area (Å²) in [7, 11) is 1.62. The first-order chi connectivity index (χ1) is 13.9. The van der Waals surface area contributed by atoms with E-state index in [4.69, 9.17) is 4.74 Å². The molecule has 0 N–H and O–H groups in total. The van der Waals surface area contributed by atoms with Crippen molar-refractivity contribution in [2.24, 2.45) is 11.3 Å². The Morgan fingerprint density at radius 3 is 2.28 bits per heavy atom. The van der Waals surface area contributed by atoms with Gasteiger partial charge in [0.2, 0.25) is 5.91 Å². The number of carbonyl (C=O) groups excluding carboxylic acids is 2. The predicted molar refractivity (Wildman–Crippen MR) is 112 cm³/mol. The molecule has 0 unspecified atom stereocenters. The summed E-state index contributed by atoms with van der Waals surface area (Å²) in [5, 5.41) is 0. The lowest BCUT2D eigenvalue weighted by atomic mass is 9.58. The van der Waals surface area contributed by atoms with Gasteiger partial charge in [-0.15, -0.1) is 0 Å². The number of hydrogen-bond donors (Lipinski definition) is 0. The molecule has 1 aliphatic heterocycles. The molecule has 1 heterocycles. The van der Waals surface area contributed by atoms with E-state index in [0.29, 0.717) is 5.92 Å². The van der Waals surface area contributed by atoms with Crippen LogP contribution in [0.25, 0.3) is 0 Å². The largest absolute Gasteiger partial charge is 0.497 e. The van der Waals surface area contributed by atoms with E-state index in [1.54, 1.807) is 12.0 Å². The van der Waals surface area contributed by atoms with E-state index in [9.17, 15) is 9.59 Å². The first-order valence-corrected chi connectivity index (χ1v) is 10.6. The van der Waals surface area contributed by atoms with Crippen LogP contribution in [0.1, 0.15) is 56.6 Å². The van der Waals surface area contributed by atoms with Gasteiger partial charge in [-0.25, -0.2) is 0 Å². The lowest BCUT2D eigenvalue weighted by Crippen LogP contribution is -2.76. The van der Waals surface area contributed by atoms with Gasteiger partial charge in [-0.05, 0) is 68.0 Å².